The number of amides is 1. The second-order valence-corrected chi connectivity index (χ2v) is 4.97. The molecule has 0 fully saturated rings. The van der Waals surface area contributed by atoms with Crippen LogP contribution in [0.2, 0.25) is 5.02 Å². The second kappa shape index (κ2) is 9.06. The first-order valence-corrected chi connectivity index (χ1v) is 6.66. The lowest BCUT2D eigenvalue weighted by Gasteiger charge is -2.22. The first-order valence-electron chi connectivity index (χ1n) is 6.28. The van der Waals surface area contributed by atoms with Gasteiger partial charge in [0.2, 0.25) is 0 Å². The SMILES string of the molecule is CNCCN(C)C(=O)C(C)Oc1ccc(Cl)cc1C.Cl. The number of ether oxygens (including phenoxy) is 1. The molecule has 0 saturated carbocycles. The van der Waals surface area contributed by atoms with Crippen LogP contribution in [0.4, 0.5) is 0 Å². The number of likely N-dealkylation sites (N-methyl/N-ethyl adjacent to an activating group) is 2. The Morgan fingerprint density at radius 3 is 2.70 bits per heavy atom. The Morgan fingerprint density at radius 2 is 2.15 bits per heavy atom. The molecule has 0 saturated heterocycles. The minimum absolute atomic E-state index is 0. The minimum atomic E-state index is -0.512. The highest BCUT2D eigenvalue weighted by atomic mass is 35.5. The lowest BCUT2D eigenvalue weighted by Crippen LogP contribution is -2.40. The number of benzene rings is 1. The fourth-order valence-corrected chi connectivity index (χ4v) is 1.91. The Morgan fingerprint density at radius 1 is 1.50 bits per heavy atom. The monoisotopic (exact) mass is 320 g/mol. The Balaban J connectivity index is 0.00000361. The van der Waals surface area contributed by atoms with Gasteiger partial charge in [0.15, 0.2) is 6.10 Å². The highest BCUT2D eigenvalue weighted by Crippen LogP contribution is 2.23. The number of carbonyl (C=O) groups excluding carboxylic acids is 1. The van der Waals surface area contributed by atoms with Crippen LogP contribution in [0.25, 0.3) is 0 Å². The van der Waals surface area contributed by atoms with E-state index in [0.29, 0.717) is 17.3 Å². The molecule has 20 heavy (non-hydrogen) atoms. The maximum Gasteiger partial charge on any atom is 0.263 e. The average molecular weight is 321 g/mol. The van der Waals surface area contributed by atoms with E-state index in [1.807, 2.05) is 20.0 Å². The van der Waals surface area contributed by atoms with Gasteiger partial charge < -0.3 is 15.0 Å². The van der Waals surface area contributed by atoms with Crippen molar-refractivity contribution in [1.82, 2.24) is 10.2 Å². The molecule has 0 aromatic heterocycles. The van der Waals surface area contributed by atoms with Crippen LogP contribution in [0.5, 0.6) is 5.75 Å². The Kier molecular flexibility index (Phi) is 8.62. The van der Waals surface area contributed by atoms with Crippen molar-refractivity contribution in [3.05, 3.63) is 28.8 Å². The molecule has 1 amide bonds. The molecule has 0 spiro atoms. The lowest BCUT2D eigenvalue weighted by atomic mass is 10.2. The molecule has 1 rings (SSSR count). The van der Waals surface area contributed by atoms with Gasteiger partial charge in [-0.1, -0.05) is 11.6 Å². The number of hydrogen-bond donors (Lipinski definition) is 1. The first kappa shape index (κ1) is 19.0. The summed E-state index contributed by atoms with van der Waals surface area (Å²) in [5.41, 5.74) is 0.921. The quantitative estimate of drug-likeness (QED) is 0.875. The number of rotatable bonds is 6. The van der Waals surface area contributed by atoms with Gasteiger partial charge in [-0.25, -0.2) is 0 Å². The zero-order chi connectivity index (χ0) is 14.4. The molecule has 1 unspecified atom stereocenters. The standard InChI is InChI=1S/C14H21ClN2O2.ClH/c1-10-9-12(15)5-6-13(10)19-11(2)14(18)17(4)8-7-16-3;/h5-6,9,11,16H,7-8H2,1-4H3;1H. The first-order chi connectivity index (χ1) is 8.95. The number of hydrogen-bond acceptors (Lipinski definition) is 3. The maximum atomic E-state index is 12.1. The summed E-state index contributed by atoms with van der Waals surface area (Å²) in [6, 6.07) is 5.36. The van der Waals surface area contributed by atoms with Gasteiger partial charge in [-0.3, -0.25) is 4.79 Å². The van der Waals surface area contributed by atoms with Crippen LogP contribution >= 0.6 is 24.0 Å². The van der Waals surface area contributed by atoms with E-state index < -0.39 is 6.10 Å². The van der Waals surface area contributed by atoms with Crippen LogP contribution in [0.3, 0.4) is 0 Å². The smallest absolute Gasteiger partial charge is 0.263 e. The Labute approximate surface area is 131 Å². The third-order valence-electron chi connectivity index (χ3n) is 2.86. The number of halogens is 2. The molecule has 1 aromatic rings. The molecule has 1 aromatic carbocycles. The van der Waals surface area contributed by atoms with Crippen LogP contribution in [-0.4, -0.2) is 44.1 Å². The van der Waals surface area contributed by atoms with Crippen LogP contribution in [0, 0.1) is 6.92 Å². The number of aryl methyl sites for hydroxylation is 1. The molecule has 4 nitrogen and oxygen atoms in total. The van der Waals surface area contributed by atoms with Gasteiger partial charge in [0.05, 0.1) is 0 Å². The van der Waals surface area contributed by atoms with Crippen molar-refractivity contribution in [3.63, 3.8) is 0 Å². The summed E-state index contributed by atoms with van der Waals surface area (Å²) in [6.07, 6.45) is -0.512. The van der Waals surface area contributed by atoms with E-state index in [1.165, 1.54) is 0 Å². The molecule has 114 valence electrons. The molecule has 0 radical (unpaired) electrons. The molecular weight excluding hydrogens is 299 g/mol. The largest absolute Gasteiger partial charge is 0.481 e. The summed E-state index contributed by atoms with van der Waals surface area (Å²) in [7, 11) is 3.63. The summed E-state index contributed by atoms with van der Waals surface area (Å²) in [6.45, 7) is 5.08. The Hall–Kier alpha value is -0.970. The van der Waals surface area contributed by atoms with E-state index in [4.69, 9.17) is 16.3 Å². The van der Waals surface area contributed by atoms with E-state index in [-0.39, 0.29) is 18.3 Å². The summed E-state index contributed by atoms with van der Waals surface area (Å²) >= 11 is 5.89. The van der Waals surface area contributed by atoms with Crippen molar-refractivity contribution < 1.29 is 9.53 Å². The normalized spacial score (nSPS) is 11.4. The number of nitrogens with one attached hydrogen (secondary N) is 1. The van der Waals surface area contributed by atoms with Gasteiger partial charge in [0.25, 0.3) is 5.91 Å². The fourth-order valence-electron chi connectivity index (χ4n) is 1.69. The molecule has 0 aliphatic carbocycles. The maximum absolute atomic E-state index is 12.1. The van der Waals surface area contributed by atoms with Gasteiger partial charge in [-0.05, 0) is 44.7 Å². The van der Waals surface area contributed by atoms with Gasteiger partial charge in [0, 0.05) is 25.2 Å². The van der Waals surface area contributed by atoms with E-state index in [1.54, 1.807) is 31.0 Å². The molecule has 0 aliphatic heterocycles. The summed E-state index contributed by atoms with van der Waals surface area (Å²) < 4.78 is 5.69. The summed E-state index contributed by atoms with van der Waals surface area (Å²) in [4.78, 5) is 13.7. The van der Waals surface area contributed by atoms with E-state index >= 15 is 0 Å². The van der Waals surface area contributed by atoms with Crippen LogP contribution in [0.1, 0.15) is 12.5 Å². The average Bonchev–Trinajstić information content (AvgIpc) is 2.38. The number of nitrogens with zero attached hydrogens (tertiary/aromatic N) is 1. The number of carbonyl (C=O) groups is 1. The van der Waals surface area contributed by atoms with Gasteiger partial charge in [-0.2, -0.15) is 0 Å². The topological polar surface area (TPSA) is 41.6 Å². The van der Waals surface area contributed by atoms with Crippen LogP contribution in [0.15, 0.2) is 18.2 Å². The minimum Gasteiger partial charge on any atom is -0.481 e. The van der Waals surface area contributed by atoms with E-state index in [9.17, 15) is 4.79 Å². The van der Waals surface area contributed by atoms with Crippen molar-refractivity contribution in [1.29, 1.82) is 0 Å². The third-order valence-corrected chi connectivity index (χ3v) is 3.10. The molecule has 0 aliphatic rings. The zero-order valence-corrected chi connectivity index (χ0v) is 13.8. The molecule has 0 heterocycles. The van der Waals surface area contributed by atoms with Crippen molar-refractivity contribution in [2.75, 3.05) is 27.2 Å². The van der Waals surface area contributed by atoms with Gasteiger partial charge in [-0.15, -0.1) is 12.4 Å². The second-order valence-electron chi connectivity index (χ2n) is 4.53. The third kappa shape index (κ3) is 5.57. The Bertz CT molecular complexity index is 441. The fraction of sp³-hybridized carbons (Fsp3) is 0.500. The van der Waals surface area contributed by atoms with Gasteiger partial charge in [0.1, 0.15) is 5.75 Å². The lowest BCUT2D eigenvalue weighted by molar-refractivity contribution is -0.136. The van der Waals surface area contributed by atoms with Crippen molar-refractivity contribution in [3.8, 4) is 5.75 Å². The van der Waals surface area contributed by atoms with Crippen LogP contribution < -0.4 is 10.1 Å². The molecule has 6 heteroatoms. The van der Waals surface area contributed by atoms with E-state index in [2.05, 4.69) is 5.32 Å². The van der Waals surface area contributed by atoms with Gasteiger partial charge >= 0.3 is 0 Å². The van der Waals surface area contributed by atoms with E-state index in [0.717, 1.165) is 12.1 Å². The molecule has 1 N–H and O–H groups in total. The van der Waals surface area contributed by atoms with Crippen molar-refractivity contribution in [2.45, 2.75) is 20.0 Å². The zero-order valence-electron chi connectivity index (χ0n) is 12.3. The predicted molar refractivity (Wildman–Crippen MR) is 85.1 cm³/mol. The predicted octanol–water partition coefficient (Wildman–Crippen LogP) is 2.52. The highest BCUT2D eigenvalue weighted by Gasteiger charge is 2.19. The van der Waals surface area contributed by atoms with Crippen molar-refractivity contribution >= 4 is 29.9 Å². The summed E-state index contributed by atoms with van der Waals surface area (Å²) in [5, 5.41) is 3.67. The summed E-state index contributed by atoms with van der Waals surface area (Å²) in [5.74, 6) is 0.650. The molecule has 1 atom stereocenters. The molecular formula is C14H22Cl2N2O2. The van der Waals surface area contributed by atoms with Crippen LogP contribution in [-0.2, 0) is 4.79 Å². The van der Waals surface area contributed by atoms with Crippen molar-refractivity contribution in [2.24, 2.45) is 0 Å². The highest BCUT2D eigenvalue weighted by molar-refractivity contribution is 6.30. The molecule has 0 bridgehead atoms.